The first-order valence-electron chi connectivity index (χ1n) is 5.88. The Hall–Kier alpha value is -1.41. The van der Waals surface area contributed by atoms with Crippen molar-refractivity contribution in [2.75, 3.05) is 0 Å². The molecule has 4 nitrogen and oxygen atoms in total. The van der Waals surface area contributed by atoms with E-state index >= 15 is 0 Å². The minimum absolute atomic E-state index is 0.0808. The zero-order chi connectivity index (χ0) is 14.9. The summed E-state index contributed by atoms with van der Waals surface area (Å²) in [5.74, 6) is 0. The van der Waals surface area contributed by atoms with Crippen LogP contribution in [0, 0.1) is 0 Å². The molecule has 2 N–H and O–H groups in total. The molecule has 0 saturated heterocycles. The highest BCUT2D eigenvalue weighted by Crippen LogP contribution is 2.35. The number of alkyl halides is 3. The Labute approximate surface area is 121 Å². The van der Waals surface area contributed by atoms with Gasteiger partial charge in [0.05, 0.1) is 29.2 Å². The van der Waals surface area contributed by atoms with Crippen LogP contribution in [0.25, 0.3) is 5.69 Å². The Morgan fingerprint density at radius 1 is 1.40 bits per heavy atom. The lowest BCUT2D eigenvalue weighted by atomic mass is 10.1. The fourth-order valence-corrected chi connectivity index (χ4v) is 2.07. The summed E-state index contributed by atoms with van der Waals surface area (Å²) >= 11 is 3.04. The lowest BCUT2D eigenvalue weighted by molar-refractivity contribution is -0.137. The number of nitrogens with two attached hydrogens (primary N) is 1. The SMILES string of the molecule is CCC(N)c1cn(-c2ccc(Br)cc2C(F)(F)F)nn1. The van der Waals surface area contributed by atoms with Gasteiger partial charge < -0.3 is 5.73 Å². The Morgan fingerprint density at radius 2 is 2.10 bits per heavy atom. The number of hydrogen-bond donors (Lipinski definition) is 1. The summed E-state index contributed by atoms with van der Waals surface area (Å²) in [7, 11) is 0. The van der Waals surface area contributed by atoms with Crippen molar-refractivity contribution in [3.05, 3.63) is 40.1 Å². The Kier molecular flexibility index (Phi) is 4.14. The first kappa shape index (κ1) is 15.0. The highest BCUT2D eigenvalue weighted by Gasteiger charge is 2.34. The third-order valence-electron chi connectivity index (χ3n) is 2.84. The summed E-state index contributed by atoms with van der Waals surface area (Å²) in [5.41, 5.74) is 5.39. The van der Waals surface area contributed by atoms with Crippen LogP contribution >= 0.6 is 15.9 Å². The Morgan fingerprint density at radius 3 is 2.70 bits per heavy atom. The molecule has 0 amide bonds. The van der Waals surface area contributed by atoms with Gasteiger partial charge in [0.15, 0.2) is 0 Å². The van der Waals surface area contributed by atoms with Gasteiger partial charge >= 0.3 is 6.18 Å². The summed E-state index contributed by atoms with van der Waals surface area (Å²) in [6.07, 6.45) is -2.42. The lowest BCUT2D eigenvalue weighted by Crippen LogP contribution is -2.11. The lowest BCUT2D eigenvalue weighted by Gasteiger charge is -2.12. The molecule has 0 fully saturated rings. The predicted molar refractivity (Wildman–Crippen MR) is 71.3 cm³/mol. The van der Waals surface area contributed by atoms with Gasteiger partial charge in [-0.25, -0.2) is 4.68 Å². The van der Waals surface area contributed by atoms with Gasteiger partial charge in [0, 0.05) is 4.47 Å². The smallest absolute Gasteiger partial charge is 0.323 e. The van der Waals surface area contributed by atoms with Gasteiger partial charge in [0.25, 0.3) is 0 Å². The van der Waals surface area contributed by atoms with Gasteiger partial charge in [-0.2, -0.15) is 13.2 Å². The molecule has 0 saturated carbocycles. The first-order valence-corrected chi connectivity index (χ1v) is 6.67. The minimum atomic E-state index is -4.47. The summed E-state index contributed by atoms with van der Waals surface area (Å²) in [6, 6.07) is 3.53. The monoisotopic (exact) mass is 348 g/mol. The highest BCUT2D eigenvalue weighted by molar-refractivity contribution is 9.10. The summed E-state index contributed by atoms with van der Waals surface area (Å²) < 4.78 is 40.6. The number of halogens is 4. The molecule has 2 rings (SSSR count). The molecule has 20 heavy (non-hydrogen) atoms. The number of aromatic nitrogens is 3. The molecular formula is C12H12BrF3N4. The van der Waals surface area contributed by atoms with Crippen LogP contribution in [0.4, 0.5) is 13.2 Å². The minimum Gasteiger partial charge on any atom is -0.323 e. The topological polar surface area (TPSA) is 56.7 Å². The maximum absolute atomic E-state index is 13.0. The third-order valence-corrected chi connectivity index (χ3v) is 3.33. The van der Waals surface area contributed by atoms with Crippen LogP contribution in [0.15, 0.2) is 28.9 Å². The Bertz CT molecular complexity index is 609. The predicted octanol–water partition coefficient (Wildman–Crippen LogP) is 3.46. The van der Waals surface area contributed by atoms with Crippen molar-refractivity contribution < 1.29 is 13.2 Å². The molecule has 1 unspecified atom stereocenters. The summed E-state index contributed by atoms with van der Waals surface area (Å²) in [4.78, 5) is 0. The fourth-order valence-electron chi connectivity index (χ4n) is 1.71. The molecule has 0 bridgehead atoms. The molecule has 0 radical (unpaired) electrons. The standard InChI is InChI=1S/C12H12BrF3N4/c1-2-9(17)10-6-20(19-18-10)11-4-3-7(13)5-8(11)12(14,15)16/h3-6,9H,2,17H2,1H3. The molecule has 108 valence electrons. The second-order valence-electron chi connectivity index (χ2n) is 4.26. The van der Waals surface area contributed by atoms with Crippen LogP contribution in [0.5, 0.6) is 0 Å². The highest BCUT2D eigenvalue weighted by atomic mass is 79.9. The van der Waals surface area contributed by atoms with Gasteiger partial charge in [-0.3, -0.25) is 0 Å². The van der Waals surface area contributed by atoms with E-state index in [1.165, 1.54) is 18.3 Å². The van der Waals surface area contributed by atoms with Gasteiger partial charge in [-0.1, -0.05) is 28.1 Å². The quantitative estimate of drug-likeness (QED) is 0.923. The van der Waals surface area contributed by atoms with E-state index in [9.17, 15) is 13.2 Å². The van der Waals surface area contributed by atoms with Crippen molar-refractivity contribution >= 4 is 15.9 Å². The first-order chi connectivity index (χ1) is 9.32. The van der Waals surface area contributed by atoms with E-state index in [4.69, 9.17) is 5.73 Å². The van der Waals surface area contributed by atoms with E-state index in [-0.39, 0.29) is 11.7 Å². The Balaban J connectivity index is 2.50. The number of rotatable bonds is 3. The van der Waals surface area contributed by atoms with Crippen LogP contribution < -0.4 is 5.73 Å². The molecule has 8 heteroatoms. The van der Waals surface area contributed by atoms with Crippen molar-refractivity contribution in [1.82, 2.24) is 15.0 Å². The van der Waals surface area contributed by atoms with Gasteiger partial charge in [-0.05, 0) is 24.6 Å². The van der Waals surface area contributed by atoms with E-state index in [1.807, 2.05) is 6.92 Å². The molecule has 0 aliphatic carbocycles. The largest absolute Gasteiger partial charge is 0.418 e. The van der Waals surface area contributed by atoms with Crippen LogP contribution in [-0.2, 0) is 6.18 Å². The second-order valence-corrected chi connectivity index (χ2v) is 5.18. The molecule has 0 spiro atoms. The average Bonchev–Trinajstić information content (AvgIpc) is 2.86. The van der Waals surface area contributed by atoms with Crippen molar-refractivity contribution in [3.63, 3.8) is 0 Å². The fraction of sp³-hybridized carbons (Fsp3) is 0.333. The molecule has 0 aliphatic heterocycles. The van der Waals surface area contributed by atoms with Crippen molar-refractivity contribution in [3.8, 4) is 5.69 Å². The van der Waals surface area contributed by atoms with E-state index in [0.29, 0.717) is 16.6 Å². The van der Waals surface area contributed by atoms with Gasteiger partial charge in [0.2, 0.25) is 0 Å². The van der Waals surface area contributed by atoms with E-state index < -0.39 is 11.7 Å². The maximum Gasteiger partial charge on any atom is 0.418 e. The van der Waals surface area contributed by atoms with Crippen LogP contribution in [0.2, 0.25) is 0 Å². The molecule has 1 atom stereocenters. The molecule has 0 aliphatic rings. The third kappa shape index (κ3) is 3.01. The van der Waals surface area contributed by atoms with Gasteiger partial charge in [0.1, 0.15) is 0 Å². The summed E-state index contributed by atoms with van der Waals surface area (Å²) in [6.45, 7) is 1.87. The van der Waals surface area contributed by atoms with Crippen molar-refractivity contribution in [2.24, 2.45) is 5.73 Å². The summed E-state index contributed by atoms with van der Waals surface area (Å²) in [5, 5.41) is 7.55. The van der Waals surface area contributed by atoms with Crippen LogP contribution in [-0.4, -0.2) is 15.0 Å². The number of benzene rings is 1. The van der Waals surface area contributed by atoms with E-state index in [1.54, 1.807) is 0 Å². The molecule has 2 aromatic rings. The van der Waals surface area contributed by atoms with E-state index in [0.717, 1.165) is 10.7 Å². The van der Waals surface area contributed by atoms with Crippen LogP contribution in [0.1, 0.15) is 30.6 Å². The number of hydrogen-bond acceptors (Lipinski definition) is 3. The molecule has 1 aromatic carbocycles. The zero-order valence-electron chi connectivity index (χ0n) is 10.5. The average molecular weight is 349 g/mol. The number of nitrogens with zero attached hydrogens (tertiary/aromatic N) is 3. The molecule has 1 aromatic heterocycles. The molecule has 1 heterocycles. The van der Waals surface area contributed by atoms with Crippen molar-refractivity contribution in [2.45, 2.75) is 25.6 Å². The normalized spacial score (nSPS) is 13.5. The second kappa shape index (κ2) is 5.53. The van der Waals surface area contributed by atoms with Gasteiger partial charge in [-0.15, -0.1) is 5.10 Å². The van der Waals surface area contributed by atoms with Crippen LogP contribution in [0.3, 0.4) is 0 Å². The van der Waals surface area contributed by atoms with E-state index in [2.05, 4.69) is 26.2 Å². The maximum atomic E-state index is 13.0. The zero-order valence-corrected chi connectivity index (χ0v) is 12.1. The van der Waals surface area contributed by atoms with Crippen molar-refractivity contribution in [1.29, 1.82) is 0 Å². The molecular weight excluding hydrogens is 337 g/mol.